The van der Waals surface area contributed by atoms with Crippen molar-refractivity contribution in [2.45, 2.75) is 11.8 Å². The number of nitrogens with one attached hydrogen (secondary N) is 1. The van der Waals surface area contributed by atoms with Gasteiger partial charge in [-0.3, -0.25) is 0 Å². The van der Waals surface area contributed by atoms with E-state index in [4.69, 9.17) is 4.74 Å². The van der Waals surface area contributed by atoms with Crippen LogP contribution >= 0.6 is 0 Å². The number of aryl methyl sites for hydroxylation is 1. The summed E-state index contributed by atoms with van der Waals surface area (Å²) in [7, 11) is -2.23. The maximum atomic E-state index is 12.6. The second-order valence-corrected chi connectivity index (χ2v) is 7.87. The highest BCUT2D eigenvalue weighted by Gasteiger charge is 2.13. The molecule has 0 atom stereocenters. The van der Waals surface area contributed by atoms with Crippen molar-refractivity contribution in [2.75, 3.05) is 7.11 Å². The molecule has 1 N–H and O–H groups in total. The van der Waals surface area contributed by atoms with Gasteiger partial charge in [-0.1, -0.05) is 41.8 Å². The topological polar surface area (TPSA) is 67.8 Å². The molecule has 3 aromatic carbocycles. The highest BCUT2D eigenvalue weighted by Crippen LogP contribution is 2.13. The van der Waals surface area contributed by atoms with Gasteiger partial charge in [0, 0.05) is 11.1 Å². The molecule has 3 aromatic rings. The van der Waals surface area contributed by atoms with E-state index in [1.807, 2.05) is 37.3 Å². The fraction of sp³-hybridized carbons (Fsp3) is 0.0870. The summed E-state index contributed by atoms with van der Waals surface area (Å²) in [6.45, 7) is 1.89. The molecule has 0 aliphatic heterocycles. The highest BCUT2D eigenvalue weighted by molar-refractivity contribution is 7.89. The summed E-state index contributed by atoms with van der Waals surface area (Å²) < 4.78 is 30.3. The Bertz CT molecular complexity index is 1160. The number of benzene rings is 3. The van der Waals surface area contributed by atoms with Crippen LogP contribution in [0.2, 0.25) is 0 Å². The van der Waals surface area contributed by atoms with E-state index in [0.29, 0.717) is 17.0 Å². The van der Waals surface area contributed by atoms with Crippen molar-refractivity contribution in [3.63, 3.8) is 0 Å². The van der Waals surface area contributed by atoms with Crippen LogP contribution in [0.4, 0.5) is 0 Å². The van der Waals surface area contributed by atoms with Crippen molar-refractivity contribution in [1.82, 2.24) is 4.83 Å². The third-order valence-electron chi connectivity index (χ3n) is 4.07. The number of hydrogen-bond acceptors (Lipinski definition) is 4. The third kappa shape index (κ3) is 5.47. The van der Waals surface area contributed by atoms with Gasteiger partial charge in [0.25, 0.3) is 10.0 Å². The molecule has 0 aliphatic rings. The lowest BCUT2D eigenvalue weighted by Gasteiger charge is -2.06. The molecule has 3 rings (SSSR count). The number of methoxy groups -OCH3 is 1. The zero-order valence-corrected chi connectivity index (χ0v) is 16.9. The molecule has 0 aliphatic carbocycles. The van der Waals surface area contributed by atoms with Gasteiger partial charge in [0.1, 0.15) is 11.5 Å². The summed E-state index contributed by atoms with van der Waals surface area (Å²) in [5, 5.41) is 4.10. The van der Waals surface area contributed by atoms with Gasteiger partial charge in [-0.25, -0.2) is 0 Å². The van der Waals surface area contributed by atoms with Gasteiger partial charge in [0.2, 0.25) is 0 Å². The van der Waals surface area contributed by atoms with Gasteiger partial charge in [0.15, 0.2) is 0 Å². The van der Waals surface area contributed by atoms with Crippen LogP contribution in [0, 0.1) is 18.8 Å². The number of rotatable bonds is 5. The van der Waals surface area contributed by atoms with E-state index >= 15 is 0 Å². The second-order valence-electron chi connectivity index (χ2n) is 6.21. The largest absolute Gasteiger partial charge is 0.497 e. The smallest absolute Gasteiger partial charge is 0.276 e. The van der Waals surface area contributed by atoms with E-state index in [-0.39, 0.29) is 4.90 Å². The minimum absolute atomic E-state index is 0.136. The maximum Gasteiger partial charge on any atom is 0.276 e. The minimum atomic E-state index is -3.81. The first-order valence-electron chi connectivity index (χ1n) is 8.85. The number of hydrazone groups is 1. The summed E-state index contributed by atoms with van der Waals surface area (Å²) in [5.74, 6) is 6.65. The molecule has 0 bridgehead atoms. The standard InChI is InChI=1S/C23H20N2O3S/c1-18-8-15-22(16-9-18)29(26,27)25-24-23(17-10-19-6-4-3-5-7-19)20-11-13-21(28-2)14-12-20/h3-9,11-16,25H,1-2H3/b24-23-. The lowest BCUT2D eigenvalue weighted by Crippen LogP contribution is -2.20. The summed E-state index contributed by atoms with van der Waals surface area (Å²) in [6, 6.07) is 23.0. The predicted octanol–water partition coefficient (Wildman–Crippen LogP) is 3.74. The number of nitrogens with zero attached hydrogens (tertiary/aromatic N) is 1. The van der Waals surface area contributed by atoms with Crippen LogP contribution in [0.5, 0.6) is 5.75 Å². The van der Waals surface area contributed by atoms with Crippen LogP contribution in [-0.4, -0.2) is 21.2 Å². The lowest BCUT2D eigenvalue weighted by molar-refractivity contribution is 0.415. The molecular formula is C23H20N2O3S. The van der Waals surface area contributed by atoms with E-state index in [2.05, 4.69) is 21.8 Å². The van der Waals surface area contributed by atoms with Crippen LogP contribution in [0.25, 0.3) is 0 Å². The van der Waals surface area contributed by atoms with Crippen LogP contribution in [0.1, 0.15) is 16.7 Å². The predicted molar refractivity (Wildman–Crippen MR) is 114 cm³/mol. The molecule has 0 radical (unpaired) electrons. The summed E-state index contributed by atoms with van der Waals surface area (Å²) >= 11 is 0. The molecule has 0 aromatic heterocycles. The summed E-state index contributed by atoms with van der Waals surface area (Å²) in [5.41, 5.74) is 2.74. The van der Waals surface area contributed by atoms with Crippen molar-refractivity contribution >= 4 is 15.7 Å². The van der Waals surface area contributed by atoms with Gasteiger partial charge >= 0.3 is 0 Å². The van der Waals surface area contributed by atoms with E-state index < -0.39 is 10.0 Å². The zero-order valence-electron chi connectivity index (χ0n) is 16.1. The molecule has 0 unspecified atom stereocenters. The van der Waals surface area contributed by atoms with E-state index in [1.54, 1.807) is 43.5 Å². The normalized spacial score (nSPS) is 11.3. The average molecular weight is 404 g/mol. The molecule has 6 heteroatoms. The van der Waals surface area contributed by atoms with E-state index in [9.17, 15) is 8.42 Å². The third-order valence-corrected chi connectivity index (χ3v) is 5.30. The monoisotopic (exact) mass is 404 g/mol. The minimum Gasteiger partial charge on any atom is -0.497 e. The quantitative estimate of drug-likeness (QED) is 0.400. The van der Waals surface area contributed by atoms with Gasteiger partial charge in [-0.05, 0) is 61.4 Å². The van der Waals surface area contributed by atoms with E-state index in [0.717, 1.165) is 11.1 Å². The molecule has 0 saturated carbocycles. The fourth-order valence-corrected chi connectivity index (χ4v) is 3.25. The summed E-state index contributed by atoms with van der Waals surface area (Å²) in [4.78, 5) is 2.42. The van der Waals surface area contributed by atoms with Crippen molar-refractivity contribution < 1.29 is 13.2 Å². The number of sulfonamides is 1. The Balaban J connectivity index is 1.95. The van der Waals surface area contributed by atoms with Gasteiger partial charge in [-0.2, -0.15) is 18.4 Å². The SMILES string of the molecule is COc1ccc(/C(C#Cc2ccccc2)=N\NS(=O)(=O)c2ccc(C)cc2)cc1. The van der Waals surface area contributed by atoms with Gasteiger partial charge in [-0.15, -0.1) is 0 Å². The molecule has 0 amide bonds. The average Bonchev–Trinajstić information content (AvgIpc) is 2.75. The first kappa shape index (κ1) is 20.2. The molecule has 0 spiro atoms. The van der Waals surface area contributed by atoms with Crippen molar-refractivity contribution in [3.8, 4) is 17.6 Å². The van der Waals surface area contributed by atoms with Crippen LogP contribution in [-0.2, 0) is 10.0 Å². The molecule has 5 nitrogen and oxygen atoms in total. The zero-order chi connectivity index (χ0) is 20.7. The summed E-state index contributed by atoms with van der Waals surface area (Å²) in [6.07, 6.45) is 0. The number of hydrogen-bond donors (Lipinski definition) is 1. The van der Waals surface area contributed by atoms with E-state index in [1.165, 1.54) is 12.1 Å². The Morgan fingerprint density at radius 2 is 1.59 bits per heavy atom. The molecule has 0 heterocycles. The Hall–Kier alpha value is -3.56. The molecule has 146 valence electrons. The van der Waals surface area contributed by atoms with Gasteiger partial charge in [0.05, 0.1) is 12.0 Å². The van der Waals surface area contributed by atoms with Crippen LogP contribution < -0.4 is 9.57 Å². The highest BCUT2D eigenvalue weighted by atomic mass is 32.2. The first-order valence-corrected chi connectivity index (χ1v) is 10.3. The van der Waals surface area contributed by atoms with Crippen LogP contribution in [0.3, 0.4) is 0 Å². The second kappa shape index (κ2) is 9.09. The van der Waals surface area contributed by atoms with Crippen molar-refractivity contribution in [2.24, 2.45) is 5.10 Å². The fourth-order valence-electron chi connectivity index (χ4n) is 2.44. The maximum absolute atomic E-state index is 12.6. The number of ether oxygens (including phenoxy) is 1. The lowest BCUT2D eigenvalue weighted by atomic mass is 10.1. The molecule has 0 fully saturated rings. The first-order chi connectivity index (χ1) is 14.0. The Morgan fingerprint density at radius 3 is 2.21 bits per heavy atom. The molecule has 29 heavy (non-hydrogen) atoms. The Labute approximate surface area is 171 Å². The Kier molecular flexibility index (Phi) is 6.32. The van der Waals surface area contributed by atoms with Crippen molar-refractivity contribution in [3.05, 3.63) is 95.6 Å². The Morgan fingerprint density at radius 1 is 0.931 bits per heavy atom. The molecular weight excluding hydrogens is 384 g/mol. The van der Waals surface area contributed by atoms with Gasteiger partial charge < -0.3 is 4.74 Å². The van der Waals surface area contributed by atoms with Crippen LogP contribution in [0.15, 0.2) is 88.9 Å². The molecule has 0 saturated heterocycles. The van der Waals surface area contributed by atoms with Crippen molar-refractivity contribution in [1.29, 1.82) is 0 Å².